The lowest BCUT2D eigenvalue weighted by atomic mass is 9.97. The molecule has 0 N–H and O–H groups in total. The highest BCUT2D eigenvalue weighted by atomic mass is 79.9. The summed E-state index contributed by atoms with van der Waals surface area (Å²) in [6, 6.07) is 3.05. The van der Waals surface area contributed by atoms with E-state index in [1.807, 2.05) is 13.8 Å². The molecule has 0 bridgehead atoms. The molecule has 1 aliphatic rings. The summed E-state index contributed by atoms with van der Waals surface area (Å²) in [6.45, 7) is 3.91. The first kappa shape index (κ1) is 13.5. The van der Waals surface area contributed by atoms with Crippen molar-refractivity contribution in [3.63, 3.8) is 0 Å². The summed E-state index contributed by atoms with van der Waals surface area (Å²) in [7, 11) is -3.79. The number of aromatic nitrogens is 1. The maximum Gasteiger partial charge on any atom is 0.285 e. The van der Waals surface area contributed by atoms with Gasteiger partial charge in [-0.3, -0.25) is 4.79 Å². The molecule has 0 radical (unpaired) electrons. The Morgan fingerprint density at radius 2 is 2.11 bits per heavy atom. The van der Waals surface area contributed by atoms with E-state index < -0.39 is 15.9 Å². The average molecular weight is 333 g/mol. The number of halogens is 1. The molecule has 1 aliphatic heterocycles. The zero-order valence-corrected chi connectivity index (χ0v) is 12.5. The van der Waals surface area contributed by atoms with Crippen LogP contribution in [0, 0.1) is 5.41 Å². The van der Waals surface area contributed by atoms with Crippen molar-refractivity contribution in [1.29, 1.82) is 0 Å². The lowest BCUT2D eigenvalue weighted by Gasteiger charge is -2.27. The first-order valence-electron chi connectivity index (χ1n) is 5.38. The molecule has 2 heterocycles. The number of sulfonamides is 1. The molecule has 0 saturated carbocycles. The third kappa shape index (κ3) is 2.05. The highest BCUT2D eigenvalue weighted by Gasteiger charge is 2.44. The summed E-state index contributed by atoms with van der Waals surface area (Å²) in [5.74, 6) is -0.493. The minimum Gasteiger partial charge on any atom is -0.268 e. The summed E-state index contributed by atoms with van der Waals surface area (Å²) in [6.07, 6.45) is 1.38. The summed E-state index contributed by atoms with van der Waals surface area (Å²) in [5.41, 5.74) is -0.173. The van der Waals surface area contributed by atoms with Gasteiger partial charge in [0.05, 0.1) is 5.56 Å². The standard InChI is InChI=1S/C11H13BrN2O3S/c1-11(2,6-12)7-14-10(15)8-4-3-5-13-9(8)18(14,16)17/h3-5H,6-7H2,1-2H3. The number of alkyl halides is 1. The van der Waals surface area contributed by atoms with Gasteiger partial charge in [-0.25, -0.2) is 9.29 Å². The smallest absolute Gasteiger partial charge is 0.268 e. The van der Waals surface area contributed by atoms with Gasteiger partial charge in [0.25, 0.3) is 15.9 Å². The highest BCUT2D eigenvalue weighted by molar-refractivity contribution is 9.09. The molecule has 0 atom stereocenters. The van der Waals surface area contributed by atoms with Gasteiger partial charge in [-0.1, -0.05) is 29.8 Å². The Morgan fingerprint density at radius 1 is 1.44 bits per heavy atom. The number of hydrogen-bond donors (Lipinski definition) is 0. The number of carbonyl (C=O) groups excluding carboxylic acids is 1. The van der Waals surface area contributed by atoms with Crippen LogP contribution >= 0.6 is 15.9 Å². The van der Waals surface area contributed by atoms with Gasteiger partial charge in [-0.15, -0.1) is 0 Å². The Hall–Kier alpha value is -0.950. The molecule has 98 valence electrons. The first-order valence-corrected chi connectivity index (χ1v) is 7.94. The van der Waals surface area contributed by atoms with Gasteiger partial charge in [0.15, 0.2) is 5.03 Å². The fraction of sp³-hybridized carbons (Fsp3) is 0.455. The van der Waals surface area contributed by atoms with Crippen molar-refractivity contribution < 1.29 is 13.2 Å². The first-order chi connectivity index (χ1) is 8.29. The van der Waals surface area contributed by atoms with Gasteiger partial charge in [0, 0.05) is 18.1 Å². The molecular formula is C11H13BrN2O3S. The number of nitrogens with zero attached hydrogens (tertiary/aromatic N) is 2. The van der Waals surface area contributed by atoms with Crippen LogP contribution in [0.4, 0.5) is 0 Å². The average Bonchev–Trinajstić information content (AvgIpc) is 2.51. The van der Waals surface area contributed by atoms with Crippen molar-refractivity contribution in [1.82, 2.24) is 9.29 Å². The number of fused-ring (bicyclic) bond motifs is 1. The van der Waals surface area contributed by atoms with E-state index in [1.165, 1.54) is 12.3 Å². The third-order valence-corrected chi connectivity index (χ3v) is 5.90. The second-order valence-corrected chi connectivity index (χ2v) is 7.31. The van der Waals surface area contributed by atoms with E-state index in [9.17, 15) is 13.2 Å². The number of carbonyl (C=O) groups is 1. The Balaban J connectivity index is 2.46. The SMILES string of the molecule is CC(C)(CBr)CN1C(=O)c2cccnc2S1(=O)=O. The molecule has 7 heteroatoms. The predicted molar refractivity (Wildman–Crippen MR) is 70.0 cm³/mol. The van der Waals surface area contributed by atoms with E-state index in [1.54, 1.807) is 6.07 Å². The van der Waals surface area contributed by atoms with Crippen LogP contribution < -0.4 is 0 Å². The predicted octanol–water partition coefficient (Wildman–Crippen LogP) is 1.65. The van der Waals surface area contributed by atoms with Crippen LogP contribution in [-0.2, 0) is 10.0 Å². The maximum absolute atomic E-state index is 12.2. The van der Waals surface area contributed by atoms with Gasteiger partial charge < -0.3 is 0 Å². The molecule has 1 aromatic rings. The van der Waals surface area contributed by atoms with Crippen molar-refractivity contribution in [3.8, 4) is 0 Å². The summed E-state index contributed by atoms with van der Waals surface area (Å²) in [5, 5.41) is 0.462. The van der Waals surface area contributed by atoms with E-state index in [0.717, 1.165) is 4.31 Å². The molecule has 5 nitrogen and oxygen atoms in total. The summed E-state index contributed by atoms with van der Waals surface area (Å²) in [4.78, 5) is 15.9. The molecule has 0 aliphatic carbocycles. The van der Waals surface area contributed by atoms with E-state index in [2.05, 4.69) is 20.9 Å². The monoisotopic (exact) mass is 332 g/mol. The number of hydrogen-bond acceptors (Lipinski definition) is 4. The van der Waals surface area contributed by atoms with Crippen molar-refractivity contribution >= 4 is 31.9 Å². The van der Waals surface area contributed by atoms with Gasteiger partial charge in [-0.05, 0) is 17.5 Å². The quantitative estimate of drug-likeness (QED) is 0.789. The summed E-state index contributed by atoms with van der Waals surface area (Å²) >= 11 is 3.32. The molecule has 2 rings (SSSR count). The Labute approximate surface area is 114 Å². The lowest BCUT2D eigenvalue weighted by molar-refractivity contribution is 0.0841. The van der Waals surface area contributed by atoms with Crippen LogP contribution in [-0.4, -0.2) is 35.5 Å². The van der Waals surface area contributed by atoms with Crippen LogP contribution in [0.5, 0.6) is 0 Å². The Kier molecular flexibility index (Phi) is 3.23. The van der Waals surface area contributed by atoms with Crippen LogP contribution in [0.2, 0.25) is 0 Å². The zero-order valence-electron chi connectivity index (χ0n) is 10.1. The van der Waals surface area contributed by atoms with Crippen molar-refractivity contribution in [2.75, 3.05) is 11.9 Å². The van der Waals surface area contributed by atoms with Gasteiger partial charge in [-0.2, -0.15) is 8.42 Å². The molecule has 0 aromatic carbocycles. The Morgan fingerprint density at radius 3 is 2.67 bits per heavy atom. The molecule has 0 saturated heterocycles. The number of pyridine rings is 1. The lowest BCUT2D eigenvalue weighted by Crippen LogP contribution is -2.39. The topological polar surface area (TPSA) is 67.3 Å². The molecule has 1 amide bonds. The third-order valence-electron chi connectivity index (χ3n) is 2.70. The fourth-order valence-electron chi connectivity index (χ4n) is 1.69. The van der Waals surface area contributed by atoms with Crippen molar-refractivity contribution in [3.05, 3.63) is 23.9 Å². The van der Waals surface area contributed by atoms with Crippen molar-refractivity contribution in [2.45, 2.75) is 18.9 Å². The normalized spacial score (nSPS) is 17.9. The molecule has 0 spiro atoms. The van der Waals surface area contributed by atoms with Crippen molar-refractivity contribution in [2.24, 2.45) is 5.41 Å². The number of rotatable bonds is 3. The molecule has 1 aromatic heterocycles. The minimum atomic E-state index is -3.79. The fourth-order valence-corrected chi connectivity index (χ4v) is 3.54. The summed E-state index contributed by atoms with van der Waals surface area (Å²) < 4.78 is 25.3. The molecule has 18 heavy (non-hydrogen) atoms. The largest absolute Gasteiger partial charge is 0.285 e. The zero-order chi connectivity index (χ0) is 13.6. The van der Waals surface area contributed by atoms with Gasteiger partial charge in [0.1, 0.15) is 0 Å². The maximum atomic E-state index is 12.2. The van der Waals surface area contributed by atoms with Gasteiger partial charge >= 0.3 is 0 Å². The Bertz CT molecular complexity index is 598. The molecule has 0 unspecified atom stereocenters. The van der Waals surface area contributed by atoms with E-state index in [0.29, 0.717) is 5.33 Å². The minimum absolute atomic E-state index is 0.135. The van der Waals surface area contributed by atoms with Crippen LogP contribution in [0.1, 0.15) is 24.2 Å². The van der Waals surface area contributed by atoms with Gasteiger partial charge in [0.2, 0.25) is 0 Å². The van der Waals surface area contributed by atoms with E-state index >= 15 is 0 Å². The van der Waals surface area contributed by atoms with E-state index in [-0.39, 0.29) is 22.5 Å². The molecular weight excluding hydrogens is 320 g/mol. The van der Waals surface area contributed by atoms with Crippen LogP contribution in [0.25, 0.3) is 0 Å². The number of amides is 1. The van der Waals surface area contributed by atoms with Crippen LogP contribution in [0.3, 0.4) is 0 Å². The highest BCUT2D eigenvalue weighted by Crippen LogP contribution is 2.31. The van der Waals surface area contributed by atoms with Crippen LogP contribution in [0.15, 0.2) is 23.4 Å². The van der Waals surface area contributed by atoms with E-state index in [4.69, 9.17) is 0 Å². The second kappa shape index (κ2) is 4.31. The second-order valence-electron chi connectivity index (χ2n) is 4.97. The molecule has 0 fully saturated rings.